The fourth-order valence-electron chi connectivity index (χ4n) is 3.02. The number of hydrogen-bond donors (Lipinski definition) is 2. The summed E-state index contributed by atoms with van der Waals surface area (Å²) in [6.07, 6.45) is 2.15. The van der Waals surface area contributed by atoms with Crippen LogP contribution in [-0.2, 0) is 0 Å². The van der Waals surface area contributed by atoms with Gasteiger partial charge in [-0.05, 0) is 44.0 Å². The molecule has 2 heterocycles. The maximum absolute atomic E-state index is 12.4. The van der Waals surface area contributed by atoms with Gasteiger partial charge in [0, 0.05) is 12.5 Å². The third kappa shape index (κ3) is 4.19. The first kappa shape index (κ1) is 17.9. The summed E-state index contributed by atoms with van der Waals surface area (Å²) in [5, 5.41) is 11.3. The highest BCUT2D eigenvalue weighted by Gasteiger charge is 2.21. The molecule has 0 aliphatic carbocycles. The Labute approximate surface area is 153 Å². The maximum atomic E-state index is 12.4. The number of aromatic nitrogens is 3. The van der Waals surface area contributed by atoms with Gasteiger partial charge in [-0.1, -0.05) is 37.6 Å². The average Bonchev–Trinajstić information content (AvgIpc) is 3.24. The predicted molar refractivity (Wildman–Crippen MR) is 98.4 cm³/mol. The number of nitrogens with zero attached hydrogens (tertiary/aromatic N) is 3. The van der Waals surface area contributed by atoms with Gasteiger partial charge in [-0.2, -0.15) is 0 Å². The summed E-state index contributed by atoms with van der Waals surface area (Å²) < 4.78 is 1.67. The van der Waals surface area contributed by atoms with Crippen LogP contribution in [-0.4, -0.2) is 40.3 Å². The fourth-order valence-corrected chi connectivity index (χ4v) is 3.24. The van der Waals surface area contributed by atoms with Crippen molar-refractivity contribution in [3.8, 4) is 5.69 Å². The molecule has 7 heteroatoms. The molecule has 1 saturated heterocycles. The van der Waals surface area contributed by atoms with E-state index >= 15 is 0 Å². The highest BCUT2D eigenvalue weighted by Crippen LogP contribution is 2.23. The summed E-state index contributed by atoms with van der Waals surface area (Å²) in [5.74, 6) is 1.43. The van der Waals surface area contributed by atoms with E-state index in [0.717, 1.165) is 31.0 Å². The van der Waals surface area contributed by atoms with E-state index in [0.29, 0.717) is 17.5 Å². The van der Waals surface area contributed by atoms with Crippen molar-refractivity contribution in [2.45, 2.75) is 32.6 Å². The van der Waals surface area contributed by atoms with Crippen LogP contribution in [0.2, 0.25) is 5.02 Å². The Hall–Kier alpha value is -1.92. The molecule has 2 aromatic rings. The molecule has 1 unspecified atom stereocenters. The Morgan fingerprint density at radius 1 is 1.44 bits per heavy atom. The lowest BCUT2D eigenvalue weighted by Gasteiger charge is -2.09. The molecular formula is C18H24ClN5O. The minimum absolute atomic E-state index is 0.120. The second-order valence-electron chi connectivity index (χ2n) is 6.71. The van der Waals surface area contributed by atoms with Gasteiger partial charge < -0.3 is 10.6 Å². The van der Waals surface area contributed by atoms with Crippen LogP contribution < -0.4 is 10.6 Å². The standard InChI is InChI=1S/C18H24ClN5O/c1-12(2)17-22-16(18(25)21-10-8-13-7-9-20-11-13)23-24(17)15-6-4-3-5-14(15)19/h3-6,12-13,20H,7-11H2,1-2H3,(H,21,25). The van der Waals surface area contributed by atoms with E-state index in [2.05, 4.69) is 20.7 Å². The number of para-hydroxylation sites is 1. The first-order valence-electron chi connectivity index (χ1n) is 8.77. The molecule has 1 aliphatic heterocycles. The molecule has 2 N–H and O–H groups in total. The molecule has 1 fully saturated rings. The Balaban J connectivity index is 1.74. The van der Waals surface area contributed by atoms with Crippen molar-refractivity contribution in [3.63, 3.8) is 0 Å². The Morgan fingerprint density at radius 3 is 2.92 bits per heavy atom. The number of halogens is 1. The van der Waals surface area contributed by atoms with Crippen LogP contribution in [0.25, 0.3) is 5.69 Å². The summed E-state index contributed by atoms with van der Waals surface area (Å²) in [7, 11) is 0. The maximum Gasteiger partial charge on any atom is 0.290 e. The zero-order valence-corrected chi connectivity index (χ0v) is 15.4. The molecule has 1 aromatic carbocycles. The summed E-state index contributed by atoms with van der Waals surface area (Å²) in [6.45, 7) is 6.79. The highest BCUT2D eigenvalue weighted by molar-refractivity contribution is 6.32. The summed E-state index contributed by atoms with van der Waals surface area (Å²) in [5.41, 5.74) is 0.733. The predicted octanol–water partition coefficient (Wildman–Crippen LogP) is 2.77. The van der Waals surface area contributed by atoms with Crippen LogP contribution in [0, 0.1) is 5.92 Å². The van der Waals surface area contributed by atoms with Crippen molar-refractivity contribution >= 4 is 17.5 Å². The molecule has 1 atom stereocenters. The van der Waals surface area contributed by atoms with Gasteiger partial charge in [0.15, 0.2) is 0 Å². The summed E-state index contributed by atoms with van der Waals surface area (Å²) in [6, 6.07) is 7.43. The van der Waals surface area contributed by atoms with Crippen molar-refractivity contribution in [3.05, 3.63) is 40.9 Å². The number of amides is 1. The molecule has 1 aromatic heterocycles. The van der Waals surface area contributed by atoms with E-state index in [1.165, 1.54) is 6.42 Å². The number of carbonyl (C=O) groups excluding carboxylic acids is 1. The fraction of sp³-hybridized carbons (Fsp3) is 0.500. The second kappa shape index (κ2) is 7.97. The third-order valence-electron chi connectivity index (χ3n) is 4.43. The molecule has 1 aliphatic rings. The number of hydrogen-bond acceptors (Lipinski definition) is 4. The third-order valence-corrected chi connectivity index (χ3v) is 4.75. The lowest BCUT2D eigenvalue weighted by atomic mass is 10.1. The first-order valence-corrected chi connectivity index (χ1v) is 9.15. The molecule has 6 nitrogen and oxygen atoms in total. The Morgan fingerprint density at radius 2 is 2.24 bits per heavy atom. The quantitative estimate of drug-likeness (QED) is 0.829. The van der Waals surface area contributed by atoms with Gasteiger partial charge in [-0.25, -0.2) is 9.67 Å². The van der Waals surface area contributed by atoms with E-state index < -0.39 is 0 Å². The van der Waals surface area contributed by atoms with Gasteiger partial charge in [0.05, 0.1) is 10.7 Å². The van der Waals surface area contributed by atoms with Crippen LogP contribution in [0.1, 0.15) is 49.1 Å². The SMILES string of the molecule is CC(C)c1nc(C(=O)NCCC2CCNC2)nn1-c1ccccc1Cl. The van der Waals surface area contributed by atoms with E-state index in [9.17, 15) is 4.79 Å². The van der Waals surface area contributed by atoms with Crippen LogP contribution in [0.4, 0.5) is 0 Å². The normalized spacial score (nSPS) is 17.2. The summed E-state index contributed by atoms with van der Waals surface area (Å²) in [4.78, 5) is 16.9. The van der Waals surface area contributed by atoms with Crippen molar-refractivity contribution in [1.82, 2.24) is 25.4 Å². The topological polar surface area (TPSA) is 71.8 Å². The molecule has 1 amide bonds. The molecular weight excluding hydrogens is 338 g/mol. The van der Waals surface area contributed by atoms with Gasteiger partial charge in [0.2, 0.25) is 5.82 Å². The molecule has 3 rings (SSSR count). The lowest BCUT2D eigenvalue weighted by molar-refractivity contribution is 0.0941. The van der Waals surface area contributed by atoms with Gasteiger partial charge in [-0.3, -0.25) is 4.79 Å². The van der Waals surface area contributed by atoms with E-state index in [-0.39, 0.29) is 17.6 Å². The van der Waals surface area contributed by atoms with Gasteiger partial charge in [0.1, 0.15) is 5.82 Å². The molecule has 0 bridgehead atoms. The van der Waals surface area contributed by atoms with E-state index in [1.807, 2.05) is 32.0 Å². The highest BCUT2D eigenvalue weighted by atomic mass is 35.5. The number of rotatable bonds is 6. The van der Waals surface area contributed by atoms with Crippen LogP contribution in [0.3, 0.4) is 0 Å². The Kier molecular flexibility index (Phi) is 5.71. The second-order valence-corrected chi connectivity index (χ2v) is 7.12. The monoisotopic (exact) mass is 361 g/mol. The molecule has 0 saturated carbocycles. The van der Waals surface area contributed by atoms with Crippen molar-refractivity contribution in [1.29, 1.82) is 0 Å². The van der Waals surface area contributed by atoms with Gasteiger partial charge in [0.25, 0.3) is 5.91 Å². The Bertz CT molecular complexity index is 737. The largest absolute Gasteiger partial charge is 0.349 e. The smallest absolute Gasteiger partial charge is 0.290 e. The molecule has 0 radical (unpaired) electrons. The minimum atomic E-state index is -0.237. The van der Waals surface area contributed by atoms with Crippen molar-refractivity contribution in [2.24, 2.45) is 5.92 Å². The summed E-state index contributed by atoms with van der Waals surface area (Å²) >= 11 is 6.29. The van der Waals surface area contributed by atoms with Crippen LogP contribution >= 0.6 is 11.6 Å². The van der Waals surface area contributed by atoms with E-state index in [1.54, 1.807) is 10.7 Å². The number of benzene rings is 1. The van der Waals surface area contributed by atoms with Crippen molar-refractivity contribution < 1.29 is 4.79 Å². The average molecular weight is 362 g/mol. The van der Waals surface area contributed by atoms with Gasteiger partial charge in [-0.15, -0.1) is 5.10 Å². The number of nitrogens with one attached hydrogen (secondary N) is 2. The lowest BCUT2D eigenvalue weighted by Crippen LogP contribution is -2.27. The molecule has 134 valence electrons. The van der Waals surface area contributed by atoms with Gasteiger partial charge >= 0.3 is 0 Å². The van der Waals surface area contributed by atoms with Crippen LogP contribution in [0.15, 0.2) is 24.3 Å². The minimum Gasteiger partial charge on any atom is -0.349 e. The number of carbonyl (C=O) groups is 1. The zero-order chi connectivity index (χ0) is 17.8. The van der Waals surface area contributed by atoms with Crippen molar-refractivity contribution in [2.75, 3.05) is 19.6 Å². The van der Waals surface area contributed by atoms with E-state index in [4.69, 9.17) is 11.6 Å². The first-order chi connectivity index (χ1) is 12.1. The zero-order valence-electron chi connectivity index (χ0n) is 14.6. The van der Waals surface area contributed by atoms with Crippen LogP contribution in [0.5, 0.6) is 0 Å². The molecule has 25 heavy (non-hydrogen) atoms. The molecule has 0 spiro atoms.